The van der Waals surface area contributed by atoms with Crippen LogP contribution in [-0.2, 0) is 4.79 Å². The minimum absolute atomic E-state index is 0.0516. The summed E-state index contributed by atoms with van der Waals surface area (Å²) in [7, 11) is 1.66. The highest BCUT2D eigenvalue weighted by molar-refractivity contribution is 5.77. The second-order valence-electron chi connectivity index (χ2n) is 5.49. The number of likely N-dealkylation sites (N-methyl/N-ethyl adjacent to an activating group) is 1. The van der Waals surface area contributed by atoms with Crippen LogP contribution in [0.15, 0.2) is 22.9 Å². The Balaban J connectivity index is 1.59. The summed E-state index contributed by atoms with van der Waals surface area (Å²) in [6.07, 6.45) is 1.75. The van der Waals surface area contributed by atoms with Gasteiger partial charge in [-0.25, -0.2) is 4.98 Å². The molecule has 1 aliphatic heterocycles. The van der Waals surface area contributed by atoms with E-state index in [0.717, 1.165) is 37.6 Å². The van der Waals surface area contributed by atoms with Gasteiger partial charge in [-0.15, -0.1) is 0 Å². The molecule has 1 amide bonds. The number of rotatable bonds is 4. The van der Waals surface area contributed by atoms with E-state index in [1.165, 1.54) is 0 Å². The van der Waals surface area contributed by atoms with E-state index >= 15 is 0 Å². The molecular formula is C15H20N6O2. The highest BCUT2D eigenvalue weighted by Gasteiger charge is 2.19. The van der Waals surface area contributed by atoms with Gasteiger partial charge in [-0.05, 0) is 19.1 Å². The Labute approximate surface area is 134 Å². The zero-order chi connectivity index (χ0) is 16.2. The summed E-state index contributed by atoms with van der Waals surface area (Å²) in [6.45, 7) is 5.63. The van der Waals surface area contributed by atoms with Crippen molar-refractivity contribution in [3.8, 4) is 11.5 Å². The van der Waals surface area contributed by atoms with Crippen molar-refractivity contribution in [2.75, 3.05) is 44.7 Å². The maximum absolute atomic E-state index is 11.4. The van der Waals surface area contributed by atoms with E-state index in [9.17, 15) is 4.79 Å². The smallest absolute Gasteiger partial charge is 0.259 e. The summed E-state index contributed by atoms with van der Waals surface area (Å²) in [5.41, 5.74) is 0.813. The molecule has 2 aromatic heterocycles. The van der Waals surface area contributed by atoms with Gasteiger partial charge in [-0.1, -0.05) is 5.16 Å². The molecule has 1 N–H and O–H groups in total. The van der Waals surface area contributed by atoms with Crippen LogP contribution in [0.1, 0.15) is 5.82 Å². The van der Waals surface area contributed by atoms with E-state index in [4.69, 9.17) is 4.52 Å². The predicted molar refractivity (Wildman–Crippen MR) is 85.0 cm³/mol. The molecule has 2 aromatic rings. The number of carbonyl (C=O) groups is 1. The van der Waals surface area contributed by atoms with Crippen LogP contribution in [0.5, 0.6) is 0 Å². The third kappa shape index (κ3) is 3.65. The van der Waals surface area contributed by atoms with Crippen molar-refractivity contribution in [1.82, 2.24) is 25.3 Å². The molecule has 3 heterocycles. The first-order valence-electron chi connectivity index (χ1n) is 7.60. The molecule has 0 bridgehead atoms. The van der Waals surface area contributed by atoms with Gasteiger partial charge in [0.1, 0.15) is 5.82 Å². The zero-order valence-corrected chi connectivity index (χ0v) is 13.3. The van der Waals surface area contributed by atoms with Gasteiger partial charge in [0.25, 0.3) is 5.89 Å². The van der Waals surface area contributed by atoms with Gasteiger partial charge in [0.15, 0.2) is 5.82 Å². The van der Waals surface area contributed by atoms with Gasteiger partial charge in [0, 0.05) is 39.4 Å². The number of aryl methyl sites for hydroxylation is 1. The summed E-state index contributed by atoms with van der Waals surface area (Å²) in [5.74, 6) is 2.06. The van der Waals surface area contributed by atoms with Gasteiger partial charge >= 0.3 is 0 Å². The minimum Gasteiger partial charge on any atom is -0.358 e. The maximum Gasteiger partial charge on any atom is 0.259 e. The summed E-state index contributed by atoms with van der Waals surface area (Å²) in [6, 6.07) is 3.90. The molecule has 8 heteroatoms. The van der Waals surface area contributed by atoms with Crippen LogP contribution in [0.3, 0.4) is 0 Å². The topological polar surface area (TPSA) is 87.4 Å². The molecule has 0 atom stereocenters. The van der Waals surface area contributed by atoms with Gasteiger partial charge in [0.2, 0.25) is 5.91 Å². The Bertz CT molecular complexity index is 661. The number of anilines is 1. The first kappa shape index (κ1) is 15.4. The molecule has 1 saturated heterocycles. The number of nitrogens with zero attached hydrogens (tertiary/aromatic N) is 5. The fourth-order valence-corrected chi connectivity index (χ4v) is 2.53. The Morgan fingerprint density at radius 1 is 1.30 bits per heavy atom. The molecule has 122 valence electrons. The molecule has 0 saturated carbocycles. The van der Waals surface area contributed by atoms with E-state index in [2.05, 4.69) is 30.2 Å². The average molecular weight is 316 g/mol. The van der Waals surface area contributed by atoms with E-state index in [0.29, 0.717) is 18.3 Å². The Morgan fingerprint density at radius 3 is 2.65 bits per heavy atom. The monoisotopic (exact) mass is 316 g/mol. The van der Waals surface area contributed by atoms with Gasteiger partial charge in [-0.3, -0.25) is 9.69 Å². The lowest BCUT2D eigenvalue weighted by Crippen LogP contribution is -2.49. The van der Waals surface area contributed by atoms with Crippen LogP contribution in [0, 0.1) is 6.92 Å². The predicted octanol–water partition coefficient (Wildman–Crippen LogP) is 0.308. The Hall–Kier alpha value is -2.48. The van der Waals surface area contributed by atoms with Crippen LogP contribution in [0.4, 0.5) is 5.82 Å². The molecule has 8 nitrogen and oxygen atoms in total. The highest BCUT2D eigenvalue weighted by atomic mass is 16.5. The van der Waals surface area contributed by atoms with Crippen LogP contribution < -0.4 is 10.2 Å². The maximum atomic E-state index is 11.4. The standard InChI is InChI=1S/C15H20N6O2/c1-11-18-15(23-19-11)12-3-4-13(17-9-12)21-7-5-20(6-8-21)10-14(22)16-2/h3-4,9H,5-8,10H2,1-2H3,(H,16,22). The number of hydrogen-bond donors (Lipinski definition) is 1. The summed E-state index contributed by atoms with van der Waals surface area (Å²) >= 11 is 0. The molecule has 1 aliphatic rings. The van der Waals surface area contributed by atoms with Gasteiger partial charge < -0.3 is 14.7 Å². The van der Waals surface area contributed by atoms with E-state index in [1.807, 2.05) is 12.1 Å². The molecule has 0 radical (unpaired) electrons. The zero-order valence-electron chi connectivity index (χ0n) is 13.3. The largest absolute Gasteiger partial charge is 0.358 e. The molecular weight excluding hydrogens is 296 g/mol. The van der Waals surface area contributed by atoms with Gasteiger partial charge in [-0.2, -0.15) is 4.98 Å². The Morgan fingerprint density at radius 2 is 2.09 bits per heavy atom. The first-order chi connectivity index (χ1) is 11.2. The molecule has 23 heavy (non-hydrogen) atoms. The van der Waals surface area contributed by atoms with E-state index in [-0.39, 0.29) is 5.91 Å². The SMILES string of the molecule is CNC(=O)CN1CCN(c2ccc(-c3nc(C)no3)cn2)CC1. The first-order valence-corrected chi connectivity index (χ1v) is 7.60. The third-order valence-corrected chi connectivity index (χ3v) is 3.86. The molecule has 0 aromatic carbocycles. The fourth-order valence-electron chi connectivity index (χ4n) is 2.53. The van der Waals surface area contributed by atoms with Crippen molar-refractivity contribution in [2.45, 2.75) is 6.92 Å². The minimum atomic E-state index is 0.0516. The van der Waals surface area contributed by atoms with Crippen LogP contribution in [0.2, 0.25) is 0 Å². The Kier molecular flexibility index (Phi) is 4.52. The number of aromatic nitrogens is 3. The molecule has 1 fully saturated rings. The lowest BCUT2D eigenvalue weighted by Gasteiger charge is -2.34. The van der Waals surface area contributed by atoms with Crippen LogP contribution in [-0.4, -0.2) is 65.7 Å². The number of pyridine rings is 1. The number of nitrogens with one attached hydrogen (secondary N) is 1. The van der Waals surface area contributed by atoms with Crippen molar-refractivity contribution < 1.29 is 9.32 Å². The lowest BCUT2D eigenvalue weighted by atomic mass is 10.2. The van der Waals surface area contributed by atoms with Crippen LogP contribution >= 0.6 is 0 Å². The quantitative estimate of drug-likeness (QED) is 0.868. The van der Waals surface area contributed by atoms with E-state index in [1.54, 1.807) is 20.2 Å². The summed E-state index contributed by atoms with van der Waals surface area (Å²) < 4.78 is 5.14. The highest BCUT2D eigenvalue weighted by Crippen LogP contribution is 2.20. The summed E-state index contributed by atoms with van der Waals surface area (Å²) in [5, 5.41) is 6.43. The van der Waals surface area contributed by atoms with Gasteiger partial charge in [0.05, 0.1) is 12.1 Å². The molecule has 0 aliphatic carbocycles. The number of amides is 1. The second kappa shape index (κ2) is 6.74. The lowest BCUT2D eigenvalue weighted by molar-refractivity contribution is -0.121. The fraction of sp³-hybridized carbons (Fsp3) is 0.467. The van der Waals surface area contributed by atoms with Crippen molar-refractivity contribution in [3.63, 3.8) is 0 Å². The van der Waals surface area contributed by atoms with Crippen molar-refractivity contribution in [3.05, 3.63) is 24.2 Å². The number of hydrogen-bond acceptors (Lipinski definition) is 7. The number of carbonyl (C=O) groups excluding carboxylic acids is 1. The van der Waals surface area contributed by atoms with E-state index < -0.39 is 0 Å². The molecule has 3 rings (SSSR count). The normalized spacial score (nSPS) is 15.7. The van der Waals surface area contributed by atoms with Crippen molar-refractivity contribution in [2.24, 2.45) is 0 Å². The average Bonchev–Trinajstić information content (AvgIpc) is 3.02. The molecule has 0 spiro atoms. The number of piperazine rings is 1. The summed E-state index contributed by atoms with van der Waals surface area (Å²) in [4.78, 5) is 24.4. The molecule has 0 unspecified atom stereocenters. The van der Waals surface area contributed by atoms with Crippen molar-refractivity contribution >= 4 is 11.7 Å². The second-order valence-corrected chi connectivity index (χ2v) is 5.49. The third-order valence-electron chi connectivity index (χ3n) is 3.86. The van der Waals surface area contributed by atoms with Crippen molar-refractivity contribution in [1.29, 1.82) is 0 Å². The van der Waals surface area contributed by atoms with Crippen LogP contribution in [0.25, 0.3) is 11.5 Å².